The van der Waals surface area contributed by atoms with E-state index < -0.39 is 6.04 Å². The van der Waals surface area contributed by atoms with E-state index in [-0.39, 0.29) is 5.91 Å². The van der Waals surface area contributed by atoms with Gasteiger partial charge in [-0.3, -0.25) is 4.79 Å². The summed E-state index contributed by atoms with van der Waals surface area (Å²) in [5.74, 6) is -0.128. The van der Waals surface area contributed by atoms with Crippen molar-refractivity contribution in [3.8, 4) is 0 Å². The van der Waals surface area contributed by atoms with Gasteiger partial charge in [0.05, 0.1) is 0 Å². The molecule has 0 saturated carbocycles. The first kappa shape index (κ1) is 12.8. The number of amides is 1. The van der Waals surface area contributed by atoms with Gasteiger partial charge < -0.3 is 11.1 Å². The average molecular weight is 260 g/mol. The molecule has 0 aliphatic rings. The quantitative estimate of drug-likeness (QED) is 0.865. The lowest BCUT2D eigenvalue weighted by Gasteiger charge is -2.12. The SMILES string of the molecule is N[C@@H](C(=O)NCCc1ccsc1)c1ccccc1. The van der Waals surface area contributed by atoms with Crippen molar-refractivity contribution in [2.24, 2.45) is 5.73 Å². The molecule has 1 amide bonds. The predicted molar refractivity (Wildman–Crippen MR) is 74.4 cm³/mol. The maximum Gasteiger partial charge on any atom is 0.241 e. The van der Waals surface area contributed by atoms with Crippen molar-refractivity contribution in [1.82, 2.24) is 5.32 Å². The van der Waals surface area contributed by atoms with E-state index >= 15 is 0 Å². The molecular weight excluding hydrogens is 244 g/mol. The Morgan fingerprint density at radius 1 is 1.28 bits per heavy atom. The van der Waals surface area contributed by atoms with Gasteiger partial charge in [0.1, 0.15) is 6.04 Å². The number of nitrogens with one attached hydrogen (secondary N) is 1. The molecule has 94 valence electrons. The van der Waals surface area contributed by atoms with E-state index in [2.05, 4.69) is 16.8 Å². The zero-order chi connectivity index (χ0) is 12.8. The molecular formula is C14H16N2OS. The monoisotopic (exact) mass is 260 g/mol. The number of thiophene rings is 1. The number of hydrogen-bond donors (Lipinski definition) is 2. The van der Waals surface area contributed by atoms with E-state index in [9.17, 15) is 4.79 Å². The Balaban J connectivity index is 1.81. The summed E-state index contributed by atoms with van der Waals surface area (Å²) < 4.78 is 0. The number of rotatable bonds is 5. The Morgan fingerprint density at radius 3 is 2.72 bits per heavy atom. The van der Waals surface area contributed by atoms with Crippen molar-refractivity contribution in [2.45, 2.75) is 12.5 Å². The summed E-state index contributed by atoms with van der Waals surface area (Å²) in [7, 11) is 0. The maximum atomic E-state index is 11.8. The lowest BCUT2D eigenvalue weighted by atomic mass is 10.1. The fourth-order valence-electron chi connectivity index (χ4n) is 1.69. The van der Waals surface area contributed by atoms with Gasteiger partial charge in [0.15, 0.2) is 0 Å². The second kappa shape index (κ2) is 6.33. The van der Waals surface area contributed by atoms with Crippen molar-refractivity contribution in [3.05, 3.63) is 58.3 Å². The predicted octanol–water partition coefficient (Wildman–Crippen LogP) is 2.11. The van der Waals surface area contributed by atoms with E-state index in [1.807, 2.05) is 35.7 Å². The van der Waals surface area contributed by atoms with Gasteiger partial charge in [-0.25, -0.2) is 0 Å². The topological polar surface area (TPSA) is 55.1 Å². The van der Waals surface area contributed by atoms with Gasteiger partial charge in [0.25, 0.3) is 0 Å². The molecule has 0 fully saturated rings. The highest BCUT2D eigenvalue weighted by molar-refractivity contribution is 7.07. The van der Waals surface area contributed by atoms with Gasteiger partial charge >= 0.3 is 0 Å². The van der Waals surface area contributed by atoms with Crippen LogP contribution in [0.2, 0.25) is 0 Å². The highest BCUT2D eigenvalue weighted by Crippen LogP contribution is 2.09. The largest absolute Gasteiger partial charge is 0.354 e. The number of nitrogens with two attached hydrogens (primary N) is 1. The Bertz CT molecular complexity index is 482. The Hall–Kier alpha value is -1.65. The van der Waals surface area contributed by atoms with Crippen LogP contribution in [0.15, 0.2) is 47.2 Å². The summed E-state index contributed by atoms with van der Waals surface area (Å²) in [6.45, 7) is 0.621. The van der Waals surface area contributed by atoms with Crippen LogP contribution in [-0.4, -0.2) is 12.5 Å². The van der Waals surface area contributed by atoms with Crippen molar-refractivity contribution >= 4 is 17.2 Å². The molecule has 0 radical (unpaired) electrons. The molecule has 1 heterocycles. The number of carbonyl (C=O) groups is 1. The number of benzene rings is 1. The van der Waals surface area contributed by atoms with Crippen LogP contribution in [0, 0.1) is 0 Å². The van der Waals surface area contributed by atoms with Crippen LogP contribution in [0.25, 0.3) is 0 Å². The molecule has 2 aromatic rings. The van der Waals surface area contributed by atoms with Gasteiger partial charge in [-0.15, -0.1) is 0 Å². The molecule has 2 rings (SSSR count). The first-order valence-electron chi connectivity index (χ1n) is 5.86. The van der Waals surface area contributed by atoms with Crippen molar-refractivity contribution in [3.63, 3.8) is 0 Å². The first-order chi connectivity index (χ1) is 8.77. The lowest BCUT2D eigenvalue weighted by molar-refractivity contribution is -0.122. The molecule has 0 aliphatic carbocycles. The molecule has 0 spiro atoms. The van der Waals surface area contributed by atoms with Crippen molar-refractivity contribution < 1.29 is 4.79 Å². The fraction of sp³-hybridized carbons (Fsp3) is 0.214. The van der Waals surface area contributed by atoms with Gasteiger partial charge in [-0.05, 0) is 34.4 Å². The molecule has 0 bridgehead atoms. The van der Waals surface area contributed by atoms with Gasteiger partial charge in [-0.1, -0.05) is 30.3 Å². The van der Waals surface area contributed by atoms with E-state index in [1.165, 1.54) is 5.56 Å². The molecule has 1 atom stereocenters. The fourth-order valence-corrected chi connectivity index (χ4v) is 2.39. The minimum Gasteiger partial charge on any atom is -0.354 e. The van der Waals surface area contributed by atoms with E-state index in [4.69, 9.17) is 5.73 Å². The molecule has 0 aliphatic heterocycles. The first-order valence-corrected chi connectivity index (χ1v) is 6.81. The lowest BCUT2D eigenvalue weighted by Crippen LogP contribution is -2.35. The molecule has 1 aromatic heterocycles. The minimum absolute atomic E-state index is 0.128. The molecule has 18 heavy (non-hydrogen) atoms. The van der Waals surface area contributed by atoms with Gasteiger partial charge in [0.2, 0.25) is 5.91 Å². The zero-order valence-electron chi connectivity index (χ0n) is 10.0. The summed E-state index contributed by atoms with van der Waals surface area (Å²) in [5.41, 5.74) is 7.97. The molecule has 0 saturated heterocycles. The maximum absolute atomic E-state index is 11.8. The van der Waals surface area contributed by atoms with E-state index in [0.29, 0.717) is 6.54 Å². The molecule has 1 aromatic carbocycles. The molecule has 3 nitrogen and oxygen atoms in total. The van der Waals surface area contributed by atoms with E-state index in [1.54, 1.807) is 11.3 Å². The van der Waals surface area contributed by atoms with Crippen LogP contribution in [0.5, 0.6) is 0 Å². The van der Waals surface area contributed by atoms with Crippen LogP contribution in [0.4, 0.5) is 0 Å². The molecule has 4 heteroatoms. The van der Waals surface area contributed by atoms with Crippen LogP contribution in [0.3, 0.4) is 0 Å². The minimum atomic E-state index is -0.589. The van der Waals surface area contributed by atoms with Crippen molar-refractivity contribution in [1.29, 1.82) is 0 Å². The molecule has 3 N–H and O–H groups in total. The number of carbonyl (C=O) groups excluding carboxylic acids is 1. The summed E-state index contributed by atoms with van der Waals surface area (Å²) in [4.78, 5) is 11.8. The summed E-state index contributed by atoms with van der Waals surface area (Å²) >= 11 is 1.66. The van der Waals surface area contributed by atoms with Gasteiger partial charge in [0, 0.05) is 6.54 Å². The Kier molecular flexibility index (Phi) is 4.50. The Morgan fingerprint density at radius 2 is 2.06 bits per heavy atom. The normalized spacial score (nSPS) is 12.1. The summed E-state index contributed by atoms with van der Waals surface area (Å²) in [6.07, 6.45) is 0.844. The third-order valence-corrected chi connectivity index (χ3v) is 3.47. The summed E-state index contributed by atoms with van der Waals surface area (Å²) in [6, 6.07) is 10.9. The zero-order valence-corrected chi connectivity index (χ0v) is 10.8. The second-order valence-corrected chi connectivity index (χ2v) is 4.84. The molecule has 0 unspecified atom stereocenters. The van der Waals surface area contributed by atoms with E-state index in [0.717, 1.165) is 12.0 Å². The van der Waals surface area contributed by atoms with Crippen LogP contribution < -0.4 is 11.1 Å². The summed E-state index contributed by atoms with van der Waals surface area (Å²) in [5, 5.41) is 6.98. The van der Waals surface area contributed by atoms with Crippen molar-refractivity contribution in [2.75, 3.05) is 6.54 Å². The van der Waals surface area contributed by atoms with Gasteiger partial charge in [-0.2, -0.15) is 11.3 Å². The standard InChI is InChI=1S/C14H16N2OS/c15-13(12-4-2-1-3-5-12)14(17)16-8-6-11-7-9-18-10-11/h1-5,7,9-10,13H,6,8,15H2,(H,16,17)/t13-/m1/s1. The highest BCUT2D eigenvalue weighted by Gasteiger charge is 2.14. The third kappa shape index (κ3) is 3.42. The average Bonchev–Trinajstić information content (AvgIpc) is 2.92. The third-order valence-electron chi connectivity index (χ3n) is 2.73. The highest BCUT2D eigenvalue weighted by atomic mass is 32.1. The van der Waals surface area contributed by atoms with Crippen LogP contribution >= 0.6 is 11.3 Å². The Labute approximate surface area is 111 Å². The van der Waals surface area contributed by atoms with Crippen LogP contribution in [-0.2, 0) is 11.2 Å². The van der Waals surface area contributed by atoms with Crippen LogP contribution in [0.1, 0.15) is 17.2 Å². The smallest absolute Gasteiger partial charge is 0.241 e. The number of hydrogen-bond acceptors (Lipinski definition) is 3. The second-order valence-electron chi connectivity index (χ2n) is 4.06.